The van der Waals surface area contributed by atoms with Gasteiger partial charge in [-0.2, -0.15) is 0 Å². The van der Waals surface area contributed by atoms with E-state index in [0.29, 0.717) is 27.2 Å². The molecule has 0 atom stereocenters. The zero-order valence-corrected chi connectivity index (χ0v) is 14.8. The largest absolute Gasteiger partial charge is 0.340 e. The lowest BCUT2D eigenvalue weighted by atomic mass is 10.1. The minimum Gasteiger partial charge on any atom is -0.340 e. The van der Waals surface area contributed by atoms with Crippen LogP contribution >= 0.6 is 23.2 Å². The highest BCUT2D eigenvalue weighted by Crippen LogP contribution is 2.25. The van der Waals surface area contributed by atoms with Crippen molar-refractivity contribution in [1.82, 2.24) is 9.97 Å². The number of halogens is 2. The Morgan fingerprint density at radius 2 is 1.40 bits per heavy atom. The predicted molar refractivity (Wildman–Crippen MR) is 102 cm³/mol. The highest BCUT2D eigenvalue weighted by molar-refractivity contribution is 6.35. The predicted octanol–water partition coefficient (Wildman–Crippen LogP) is 5.47. The van der Waals surface area contributed by atoms with Gasteiger partial charge in [-0.05, 0) is 49.4 Å². The zero-order valence-electron chi connectivity index (χ0n) is 13.3. The first kappa shape index (κ1) is 17.2. The minimum atomic E-state index is 0.0280. The van der Waals surface area contributed by atoms with E-state index in [9.17, 15) is 4.79 Å². The molecule has 0 amide bonds. The third kappa shape index (κ3) is 4.68. The summed E-state index contributed by atoms with van der Waals surface area (Å²) in [4.78, 5) is 19.7. The van der Waals surface area contributed by atoms with Crippen LogP contribution in [0, 0.1) is 0 Å². The number of benzene rings is 2. The first-order valence-electron chi connectivity index (χ1n) is 7.43. The second kappa shape index (κ2) is 7.51. The summed E-state index contributed by atoms with van der Waals surface area (Å²) in [6.45, 7) is 1.53. The van der Waals surface area contributed by atoms with Gasteiger partial charge in [0.05, 0.1) is 0 Å². The Kier molecular flexibility index (Phi) is 5.16. The van der Waals surface area contributed by atoms with Crippen molar-refractivity contribution in [2.45, 2.75) is 6.92 Å². The van der Waals surface area contributed by atoms with Crippen LogP contribution in [0.2, 0.25) is 10.0 Å². The van der Waals surface area contributed by atoms with E-state index >= 15 is 0 Å². The van der Waals surface area contributed by atoms with E-state index in [1.807, 2.05) is 12.1 Å². The minimum absolute atomic E-state index is 0.0280. The Morgan fingerprint density at radius 3 is 1.96 bits per heavy atom. The molecule has 7 heteroatoms. The summed E-state index contributed by atoms with van der Waals surface area (Å²) in [7, 11) is 0. The molecule has 0 saturated heterocycles. The molecule has 0 saturated carbocycles. The lowest BCUT2D eigenvalue weighted by Gasteiger charge is -2.09. The number of aromatic nitrogens is 2. The first-order chi connectivity index (χ1) is 12.0. The van der Waals surface area contributed by atoms with Gasteiger partial charge in [0.1, 0.15) is 18.0 Å². The Balaban J connectivity index is 1.75. The SMILES string of the molecule is CC(=O)c1ccc(Nc2cc(Nc3cc(Cl)cc(Cl)c3)ncn2)cc1. The van der Waals surface area contributed by atoms with Crippen LogP contribution in [-0.2, 0) is 0 Å². The molecule has 3 rings (SSSR count). The van der Waals surface area contributed by atoms with Crippen LogP contribution in [0.25, 0.3) is 0 Å². The Hall–Kier alpha value is -2.63. The summed E-state index contributed by atoms with van der Waals surface area (Å²) in [5.41, 5.74) is 2.21. The van der Waals surface area contributed by atoms with E-state index in [1.165, 1.54) is 13.3 Å². The molecule has 1 aromatic heterocycles. The summed E-state index contributed by atoms with van der Waals surface area (Å²) < 4.78 is 0. The van der Waals surface area contributed by atoms with E-state index in [0.717, 1.165) is 11.4 Å². The van der Waals surface area contributed by atoms with Gasteiger partial charge in [-0.3, -0.25) is 4.79 Å². The molecule has 126 valence electrons. The highest BCUT2D eigenvalue weighted by atomic mass is 35.5. The second-order valence-electron chi connectivity index (χ2n) is 5.33. The molecule has 0 fully saturated rings. The molecule has 0 aliphatic carbocycles. The van der Waals surface area contributed by atoms with Crippen LogP contribution < -0.4 is 10.6 Å². The zero-order chi connectivity index (χ0) is 17.8. The fourth-order valence-corrected chi connectivity index (χ4v) is 2.73. The molecular formula is C18H14Cl2N4O. The Bertz CT molecular complexity index is 893. The number of carbonyl (C=O) groups excluding carboxylic acids is 1. The number of nitrogens with zero attached hydrogens (tertiary/aromatic N) is 2. The molecule has 0 bridgehead atoms. The van der Waals surface area contributed by atoms with E-state index in [2.05, 4.69) is 20.6 Å². The lowest BCUT2D eigenvalue weighted by molar-refractivity contribution is 0.101. The smallest absolute Gasteiger partial charge is 0.159 e. The summed E-state index contributed by atoms with van der Waals surface area (Å²) in [6, 6.07) is 14.1. The fourth-order valence-electron chi connectivity index (χ4n) is 2.20. The van der Waals surface area contributed by atoms with Crippen LogP contribution in [0.1, 0.15) is 17.3 Å². The van der Waals surface area contributed by atoms with E-state index < -0.39 is 0 Å². The van der Waals surface area contributed by atoms with Gasteiger partial charge in [-0.25, -0.2) is 9.97 Å². The molecule has 1 heterocycles. The van der Waals surface area contributed by atoms with Gasteiger partial charge in [-0.15, -0.1) is 0 Å². The summed E-state index contributed by atoms with van der Waals surface area (Å²) in [5, 5.41) is 7.37. The van der Waals surface area contributed by atoms with E-state index in [-0.39, 0.29) is 5.78 Å². The molecule has 0 aliphatic heterocycles. The standard InChI is InChI=1S/C18H14Cl2N4O/c1-11(25)12-2-4-15(5-3-12)23-17-9-18(22-10-21-17)24-16-7-13(19)6-14(20)8-16/h2-10H,1H3,(H2,21,22,23,24). The molecule has 0 aliphatic rings. The maximum Gasteiger partial charge on any atom is 0.159 e. The van der Waals surface area contributed by atoms with Gasteiger partial charge >= 0.3 is 0 Å². The van der Waals surface area contributed by atoms with Crippen molar-refractivity contribution >= 4 is 52.0 Å². The van der Waals surface area contributed by atoms with Crippen molar-refractivity contribution in [3.05, 3.63) is 70.5 Å². The second-order valence-corrected chi connectivity index (χ2v) is 6.20. The van der Waals surface area contributed by atoms with Gasteiger partial charge in [0.15, 0.2) is 5.78 Å². The van der Waals surface area contributed by atoms with Crippen LogP contribution in [0.15, 0.2) is 54.9 Å². The molecule has 5 nitrogen and oxygen atoms in total. The molecule has 0 spiro atoms. The molecular weight excluding hydrogens is 359 g/mol. The third-order valence-electron chi connectivity index (χ3n) is 3.37. The quantitative estimate of drug-likeness (QED) is 0.580. The number of anilines is 4. The molecule has 0 radical (unpaired) electrons. The van der Waals surface area contributed by atoms with Crippen molar-refractivity contribution in [3.8, 4) is 0 Å². The van der Waals surface area contributed by atoms with Crippen LogP contribution in [0.5, 0.6) is 0 Å². The number of Topliss-reactive ketones (excluding diaryl/α,β-unsaturated/α-hetero) is 1. The van der Waals surface area contributed by atoms with Crippen molar-refractivity contribution in [2.24, 2.45) is 0 Å². The lowest BCUT2D eigenvalue weighted by Crippen LogP contribution is -1.99. The summed E-state index contributed by atoms with van der Waals surface area (Å²) in [6.07, 6.45) is 1.45. The average molecular weight is 373 g/mol. The molecule has 25 heavy (non-hydrogen) atoms. The number of carbonyl (C=O) groups is 1. The van der Waals surface area contributed by atoms with E-state index in [1.54, 1.807) is 36.4 Å². The van der Waals surface area contributed by atoms with Crippen molar-refractivity contribution in [2.75, 3.05) is 10.6 Å². The number of ketones is 1. The molecule has 2 N–H and O–H groups in total. The molecule has 0 unspecified atom stereocenters. The Labute approximate surface area is 155 Å². The van der Waals surface area contributed by atoms with Crippen LogP contribution in [-0.4, -0.2) is 15.8 Å². The van der Waals surface area contributed by atoms with Crippen LogP contribution in [0.3, 0.4) is 0 Å². The van der Waals surface area contributed by atoms with E-state index in [4.69, 9.17) is 23.2 Å². The average Bonchev–Trinajstić information content (AvgIpc) is 2.54. The normalized spacial score (nSPS) is 10.4. The highest BCUT2D eigenvalue weighted by Gasteiger charge is 2.04. The van der Waals surface area contributed by atoms with Gasteiger partial charge in [0.2, 0.25) is 0 Å². The monoisotopic (exact) mass is 372 g/mol. The van der Waals surface area contributed by atoms with Crippen molar-refractivity contribution in [1.29, 1.82) is 0 Å². The Morgan fingerprint density at radius 1 is 0.840 bits per heavy atom. The third-order valence-corrected chi connectivity index (χ3v) is 3.80. The fraction of sp³-hybridized carbons (Fsp3) is 0.0556. The first-order valence-corrected chi connectivity index (χ1v) is 8.18. The van der Waals surface area contributed by atoms with Gasteiger partial charge in [0.25, 0.3) is 0 Å². The summed E-state index contributed by atoms with van der Waals surface area (Å²) in [5.74, 6) is 1.23. The maximum absolute atomic E-state index is 11.3. The number of hydrogen-bond donors (Lipinski definition) is 2. The number of hydrogen-bond acceptors (Lipinski definition) is 5. The van der Waals surface area contributed by atoms with Gasteiger partial charge in [0, 0.05) is 33.0 Å². The van der Waals surface area contributed by atoms with Gasteiger partial charge < -0.3 is 10.6 Å². The number of rotatable bonds is 5. The number of nitrogens with one attached hydrogen (secondary N) is 2. The maximum atomic E-state index is 11.3. The van der Waals surface area contributed by atoms with Crippen LogP contribution in [0.4, 0.5) is 23.0 Å². The van der Waals surface area contributed by atoms with Crippen molar-refractivity contribution < 1.29 is 4.79 Å². The van der Waals surface area contributed by atoms with Gasteiger partial charge in [-0.1, -0.05) is 23.2 Å². The molecule has 3 aromatic rings. The molecule has 2 aromatic carbocycles. The summed E-state index contributed by atoms with van der Waals surface area (Å²) >= 11 is 12.0. The topological polar surface area (TPSA) is 66.9 Å². The van der Waals surface area contributed by atoms with Crippen molar-refractivity contribution in [3.63, 3.8) is 0 Å².